The lowest BCUT2D eigenvalue weighted by Crippen LogP contribution is -2.61. The molecule has 0 radical (unpaired) electrons. The van der Waals surface area contributed by atoms with Gasteiger partial charge in [0.05, 0.1) is 5.56 Å². The van der Waals surface area contributed by atoms with Gasteiger partial charge in [-0.1, -0.05) is 36.4 Å². The van der Waals surface area contributed by atoms with Gasteiger partial charge in [-0.05, 0) is 24.3 Å². The molecule has 1 saturated heterocycles. The highest BCUT2D eigenvalue weighted by Crippen LogP contribution is 2.56. The molecular formula is C26H20O10. The van der Waals surface area contributed by atoms with Gasteiger partial charge in [0, 0.05) is 22.8 Å². The van der Waals surface area contributed by atoms with E-state index < -0.39 is 48.2 Å². The zero-order chi connectivity index (χ0) is 25.2. The van der Waals surface area contributed by atoms with Gasteiger partial charge in [-0.15, -0.1) is 0 Å². The minimum atomic E-state index is -1.84. The molecule has 0 amide bonds. The Morgan fingerprint density at radius 1 is 0.833 bits per heavy atom. The van der Waals surface area contributed by atoms with Crippen molar-refractivity contribution >= 4 is 11.9 Å². The van der Waals surface area contributed by atoms with Crippen molar-refractivity contribution in [1.29, 1.82) is 0 Å². The fourth-order valence-electron chi connectivity index (χ4n) is 4.96. The molecule has 0 aliphatic carbocycles. The van der Waals surface area contributed by atoms with Gasteiger partial charge in [0.25, 0.3) is 0 Å². The summed E-state index contributed by atoms with van der Waals surface area (Å²) < 4.78 is 23.0. The summed E-state index contributed by atoms with van der Waals surface area (Å²) in [7, 11) is 0. The molecule has 0 bridgehead atoms. The van der Waals surface area contributed by atoms with Crippen LogP contribution >= 0.6 is 0 Å². The number of benzene rings is 3. The molecular weight excluding hydrogens is 472 g/mol. The zero-order valence-electron chi connectivity index (χ0n) is 18.5. The smallest absolute Gasteiger partial charge is 0.340 e. The van der Waals surface area contributed by atoms with E-state index >= 15 is 0 Å². The van der Waals surface area contributed by atoms with Crippen molar-refractivity contribution < 1.29 is 49.0 Å². The minimum Gasteiger partial charge on any atom is -0.479 e. The van der Waals surface area contributed by atoms with Crippen molar-refractivity contribution in [3.05, 3.63) is 89.0 Å². The first kappa shape index (κ1) is 22.5. The summed E-state index contributed by atoms with van der Waals surface area (Å²) in [6, 6.07) is 18.9. The van der Waals surface area contributed by atoms with E-state index in [1.165, 1.54) is 12.1 Å². The molecule has 4 N–H and O–H groups in total. The fraction of sp³-hybridized carbons (Fsp3) is 0.231. The fourth-order valence-corrected chi connectivity index (χ4v) is 4.96. The maximum atomic E-state index is 12.8. The Labute approximate surface area is 203 Å². The monoisotopic (exact) mass is 492 g/mol. The molecule has 6 rings (SSSR count). The first-order valence-corrected chi connectivity index (χ1v) is 11.1. The van der Waals surface area contributed by atoms with E-state index in [0.29, 0.717) is 33.8 Å². The number of esters is 1. The van der Waals surface area contributed by atoms with Gasteiger partial charge in [-0.2, -0.15) is 0 Å². The Morgan fingerprint density at radius 3 is 2.31 bits per heavy atom. The lowest BCUT2D eigenvalue weighted by molar-refractivity contribution is -0.271. The molecule has 0 saturated carbocycles. The summed E-state index contributed by atoms with van der Waals surface area (Å²) in [5.74, 6) is -1.10. The van der Waals surface area contributed by atoms with Crippen LogP contribution in [-0.4, -0.2) is 63.1 Å². The van der Waals surface area contributed by atoms with Gasteiger partial charge in [-0.25, -0.2) is 9.59 Å². The Balaban J connectivity index is 1.41. The van der Waals surface area contributed by atoms with Crippen LogP contribution in [0.3, 0.4) is 0 Å². The second kappa shape index (κ2) is 8.04. The predicted octanol–water partition coefficient (Wildman–Crippen LogP) is 1.53. The number of aliphatic hydroxyl groups is 3. The maximum Gasteiger partial charge on any atom is 0.340 e. The molecule has 6 atom stereocenters. The summed E-state index contributed by atoms with van der Waals surface area (Å²) in [6.07, 6.45) is -8.74. The second-order valence-corrected chi connectivity index (χ2v) is 8.73. The number of aliphatic hydroxyl groups excluding tert-OH is 3. The molecule has 3 aliphatic rings. The average Bonchev–Trinajstić information content (AvgIpc) is 3.17. The number of carboxylic acid groups (broad SMARTS) is 1. The molecule has 1 spiro atoms. The van der Waals surface area contributed by atoms with E-state index in [9.17, 15) is 30.0 Å². The number of hydrogen-bond donors (Lipinski definition) is 4. The van der Waals surface area contributed by atoms with Gasteiger partial charge in [-0.3, -0.25) is 0 Å². The van der Waals surface area contributed by atoms with Crippen LogP contribution in [0.4, 0.5) is 0 Å². The summed E-state index contributed by atoms with van der Waals surface area (Å²) in [5.41, 5.74) is 1.03. The number of aliphatic carboxylic acids is 1. The van der Waals surface area contributed by atoms with E-state index in [2.05, 4.69) is 0 Å². The highest BCUT2D eigenvalue weighted by Gasteiger charge is 2.53. The van der Waals surface area contributed by atoms with Crippen molar-refractivity contribution in [2.24, 2.45) is 0 Å². The molecule has 1 unspecified atom stereocenters. The van der Waals surface area contributed by atoms with Crippen LogP contribution in [-0.2, 0) is 19.9 Å². The number of fused-ring (bicyclic) bond motifs is 6. The van der Waals surface area contributed by atoms with Crippen molar-refractivity contribution in [3.63, 3.8) is 0 Å². The molecule has 3 aromatic rings. The van der Waals surface area contributed by atoms with Gasteiger partial charge in [0.2, 0.25) is 6.29 Å². The quantitative estimate of drug-likeness (QED) is 0.396. The van der Waals surface area contributed by atoms with Crippen LogP contribution in [0.2, 0.25) is 0 Å². The van der Waals surface area contributed by atoms with Crippen LogP contribution in [0.5, 0.6) is 17.2 Å². The van der Waals surface area contributed by atoms with Gasteiger partial charge >= 0.3 is 11.9 Å². The third-order valence-corrected chi connectivity index (χ3v) is 6.66. The van der Waals surface area contributed by atoms with Gasteiger partial charge in [0.1, 0.15) is 35.6 Å². The van der Waals surface area contributed by atoms with Crippen molar-refractivity contribution in [2.45, 2.75) is 36.3 Å². The van der Waals surface area contributed by atoms with E-state index in [0.717, 1.165) is 0 Å². The molecule has 3 aliphatic heterocycles. The minimum absolute atomic E-state index is 0.123. The summed E-state index contributed by atoms with van der Waals surface area (Å²) >= 11 is 0. The zero-order valence-corrected chi connectivity index (χ0v) is 18.5. The first-order valence-electron chi connectivity index (χ1n) is 11.1. The Kier molecular flexibility index (Phi) is 5.02. The molecule has 3 heterocycles. The largest absolute Gasteiger partial charge is 0.479 e. The van der Waals surface area contributed by atoms with E-state index in [1.807, 2.05) is 24.3 Å². The van der Waals surface area contributed by atoms with Gasteiger partial charge < -0.3 is 39.4 Å². The summed E-state index contributed by atoms with van der Waals surface area (Å²) in [5, 5.41) is 39.5. The predicted molar refractivity (Wildman–Crippen MR) is 120 cm³/mol. The number of carbonyl (C=O) groups excluding carboxylic acids is 1. The lowest BCUT2D eigenvalue weighted by atomic mass is 9.78. The van der Waals surface area contributed by atoms with Crippen molar-refractivity contribution in [1.82, 2.24) is 0 Å². The number of carboxylic acids is 1. The number of carbonyl (C=O) groups is 2. The van der Waals surface area contributed by atoms with Crippen LogP contribution in [0.15, 0.2) is 66.7 Å². The Bertz CT molecular complexity index is 1390. The number of para-hydroxylation sites is 1. The van der Waals surface area contributed by atoms with Crippen LogP contribution in [0, 0.1) is 0 Å². The van der Waals surface area contributed by atoms with Crippen molar-refractivity contribution in [2.75, 3.05) is 0 Å². The molecule has 10 heteroatoms. The van der Waals surface area contributed by atoms with Gasteiger partial charge in [0.15, 0.2) is 11.7 Å². The molecule has 36 heavy (non-hydrogen) atoms. The number of hydrogen-bond acceptors (Lipinski definition) is 9. The van der Waals surface area contributed by atoms with Crippen LogP contribution in [0.25, 0.3) is 0 Å². The van der Waals surface area contributed by atoms with E-state index in [4.69, 9.17) is 18.9 Å². The van der Waals surface area contributed by atoms with Crippen molar-refractivity contribution in [3.8, 4) is 17.2 Å². The molecule has 1 fully saturated rings. The molecule has 0 aromatic heterocycles. The highest BCUT2D eigenvalue weighted by atomic mass is 16.7. The van der Waals surface area contributed by atoms with E-state index in [1.54, 1.807) is 30.3 Å². The average molecular weight is 492 g/mol. The molecule has 184 valence electrons. The normalized spacial score (nSPS) is 30.0. The topological polar surface area (TPSA) is 152 Å². The van der Waals surface area contributed by atoms with Crippen LogP contribution in [0.1, 0.15) is 27.0 Å². The Hall–Kier alpha value is -3.96. The Morgan fingerprint density at radius 2 is 1.53 bits per heavy atom. The summed E-state index contributed by atoms with van der Waals surface area (Å²) in [4.78, 5) is 24.2. The maximum absolute atomic E-state index is 12.8. The van der Waals surface area contributed by atoms with Crippen LogP contribution < -0.4 is 9.47 Å². The molecule has 3 aromatic carbocycles. The highest BCUT2D eigenvalue weighted by molar-refractivity contribution is 5.97. The SMILES string of the molecule is O=C1OC2(c3ccccc3Oc3cc(O[C@@H]4O[C@H](C(=O)O)[C@@H](O)[C@H](O)[C@H]4O)ccc32)c2ccccc21. The van der Waals surface area contributed by atoms with E-state index in [-0.39, 0.29) is 5.75 Å². The summed E-state index contributed by atoms with van der Waals surface area (Å²) in [6.45, 7) is 0. The first-order chi connectivity index (χ1) is 17.3. The third-order valence-electron chi connectivity index (χ3n) is 6.66. The molecule has 10 nitrogen and oxygen atoms in total. The number of ether oxygens (including phenoxy) is 4. The third kappa shape index (κ3) is 3.12. The number of rotatable bonds is 3. The lowest BCUT2D eigenvalue weighted by Gasteiger charge is -2.39. The second-order valence-electron chi connectivity index (χ2n) is 8.73. The standard InChI is InChI=1S/C26H20O10/c27-19-20(28)22(23(30)31)35-25(21(19)29)33-12-9-10-16-18(11-12)34-17-8-4-3-7-15(17)26(16)14-6-2-1-5-13(14)24(32)36-26/h1-11,19-22,25,27-29H,(H,30,31)/t19-,20-,21+,22-,25+,26?/m0/s1.